The normalized spacial score (nSPS) is 11.5. The van der Waals surface area contributed by atoms with E-state index in [1.807, 2.05) is 19.2 Å². The van der Waals surface area contributed by atoms with Crippen molar-refractivity contribution in [2.45, 2.75) is 25.1 Å². The highest BCUT2D eigenvalue weighted by Gasteiger charge is 2.25. The zero-order valence-electron chi connectivity index (χ0n) is 12.2. The molecule has 1 amide bonds. The number of amides is 1. The number of thiazole rings is 1. The predicted octanol–water partition coefficient (Wildman–Crippen LogP) is 4.33. The Labute approximate surface area is 145 Å². The van der Waals surface area contributed by atoms with Crippen LogP contribution in [0.15, 0.2) is 34.2 Å². The molecule has 0 radical (unpaired) electrons. The summed E-state index contributed by atoms with van der Waals surface area (Å²) in [5.74, 6) is 0.405. The second-order valence-electron chi connectivity index (χ2n) is 5.24. The number of halogens is 2. The fourth-order valence-electron chi connectivity index (χ4n) is 1.86. The molecule has 0 aliphatic heterocycles. The van der Waals surface area contributed by atoms with Crippen molar-refractivity contribution in [1.82, 2.24) is 10.3 Å². The Bertz CT molecular complexity index is 647. The highest BCUT2D eigenvalue weighted by molar-refractivity contribution is 9.10. The number of carbonyl (C=O) groups excluding carboxylic acids is 1. The molecule has 1 N–H and O–H groups in total. The molecule has 118 valence electrons. The van der Waals surface area contributed by atoms with E-state index >= 15 is 0 Å². The first-order valence-electron chi connectivity index (χ1n) is 6.61. The molecule has 0 atom stereocenters. The van der Waals surface area contributed by atoms with Crippen molar-refractivity contribution in [3.8, 4) is 0 Å². The molecule has 0 aliphatic rings. The maximum absolute atomic E-state index is 13.7. The molecule has 22 heavy (non-hydrogen) atoms. The summed E-state index contributed by atoms with van der Waals surface area (Å²) in [6.45, 7) is 3.84. The van der Waals surface area contributed by atoms with Gasteiger partial charge in [0.05, 0.1) is 11.3 Å². The molecule has 2 rings (SSSR count). The number of aromatic nitrogens is 1. The highest BCUT2D eigenvalue weighted by atomic mass is 79.9. The Balaban J connectivity index is 1.83. The summed E-state index contributed by atoms with van der Waals surface area (Å²) in [6, 6.07) is 4.95. The van der Waals surface area contributed by atoms with Crippen LogP contribution in [-0.4, -0.2) is 16.6 Å². The smallest absolute Gasteiger partial charge is 0.230 e. The lowest BCUT2D eigenvalue weighted by atomic mass is 10.1. The molecule has 7 heteroatoms. The first-order valence-corrected chi connectivity index (χ1v) is 9.44. The summed E-state index contributed by atoms with van der Waals surface area (Å²) in [7, 11) is 0. The van der Waals surface area contributed by atoms with E-state index in [1.165, 1.54) is 29.2 Å². The van der Waals surface area contributed by atoms with Crippen molar-refractivity contribution >= 4 is 44.9 Å². The van der Waals surface area contributed by atoms with Gasteiger partial charge in [-0.3, -0.25) is 4.79 Å². The lowest BCUT2D eigenvalue weighted by molar-refractivity contribution is -0.120. The van der Waals surface area contributed by atoms with Gasteiger partial charge in [-0.15, -0.1) is 23.1 Å². The lowest BCUT2D eigenvalue weighted by Crippen LogP contribution is -2.41. The molecule has 0 saturated heterocycles. The molecule has 0 aliphatic carbocycles. The van der Waals surface area contributed by atoms with Crippen LogP contribution in [0.5, 0.6) is 0 Å². The van der Waals surface area contributed by atoms with Crippen LogP contribution in [0, 0.1) is 5.82 Å². The topological polar surface area (TPSA) is 42.0 Å². The molecule has 0 saturated carbocycles. The van der Waals surface area contributed by atoms with Gasteiger partial charge >= 0.3 is 0 Å². The van der Waals surface area contributed by atoms with E-state index in [-0.39, 0.29) is 17.5 Å². The summed E-state index contributed by atoms with van der Waals surface area (Å²) in [5.41, 5.74) is 0.106. The van der Waals surface area contributed by atoms with Crippen LogP contribution < -0.4 is 5.32 Å². The van der Waals surface area contributed by atoms with Crippen molar-refractivity contribution in [3.63, 3.8) is 0 Å². The van der Waals surface area contributed by atoms with E-state index in [1.54, 1.807) is 18.3 Å². The third-order valence-corrected chi connectivity index (χ3v) is 5.50. The summed E-state index contributed by atoms with van der Waals surface area (Å²) in [4.78, 5) is 16.3. The second-order valence-corrected chi connectivity index (χ2v) is 8.03. The van der Waals surface area contributed by atoms with Crippen LogP contribution in [0.25, 0.3) is 0 Å². The average molecular weight is 403 g/mol. The van der Waals surface area contributed by atoms with E-state index in [9.17, 15) is 9.18 Å². The molecule has 0 spiro atoms. The molecule has 0 bridgehead atoms. The average Bonchev–Trinajstić information content (AvgIpc) is 2.95. The minimum absolute atomic E-state index is 0.0808. The van der Waals surface area contributed by atoms with E-state index in [4.69, 9.17) is 0 Å². The number of thioether (sulfide) groups is 1. The summed E-state index contributed by atoms with van der Waals surface area (Å²) in [5, 5.41) is 5.70. The van der Waals surface area contributed by atoms with Gasteiger partial charge in [0.2, 0.25) is 5.91 Å². The zero-order chi connectivity index (χ0) is 16.2. The number of nitrogens with one attached hydrogen (secondary N) is 1. The molecule has 1 aromatic carbocycles. The van der Waals surface area contributed by atoms with Crippen LogP contribution in [0.3, 0.4) is 0 Å². The van der Waals surface area contributed by atoms with Gasteiger partial charge in [0, 0.05) is 21.8 Å². The molecule has 0 unspecified atom stereocenters. The molecule has 3 nitrogen and oxygen atoms in total. The van der Waals surface area contributed by atoms with Crippen LogP contribution >= 0.6 is 39.0 Å². The highest BCUT2D eigenvalue weighted by Crippen LogP contribution is 2.23. The van der Waals surface area contributed by atoms with Crippen molar-refractivity contribution < 1.29 is 9.18 Å². The minimum Gasteiger partial charge on any atom is -0.344 e. The van der Waals surface area contributed by atoms with Crippen LogP contribution in [-0.2, 0) is 16.1 Å². The molecular weight excluding hydrogens is 387 g/mol. The van der Waals surface area contributed by atoms with Crippen LogP contribution in [0.1, 0.15) is 24.4 Å². The molecular formula is C15H16BrFN2OS2. The number of rotatable bonds is 6. The second kappa shape index (κ2) is 7.57. The third kappa shape index (κ3) is 4.79. The fraction of sp³-hybridized carbons (Fsp3) is 0.333. The summed E-state index contributed by atoms with van der Waals surface area (Å²) < 4.78 is 14.4. The van der Waals surface area contributed by atoms with Crippen LogP contribution in [0.4, 0.5) is 4.39 Å². The largest absolute Gasteiger partial charge is 0.344 e. The van der Waals surface area contributed by atoms with Crippen molar-refractivity contribution in [1.29, 1.82) is 0 Å². The van der Waals surface area contributed by atoms with Gasteiger partial charge in [-0.05, 0) is 31.5 Å². The first kappa shape index (κ1) is 17.4. The number of hydrogen-bond acceptors (Lipinski definition) is 4. The number of nitrogens with zero attached hydrogens (tertiary/aromatic N) is 1. The Morgan fingerprint density at radius 3 is 2.91 bits per heavy atom. The Morgan fingerprint density at radius 1 is 1.50 bits per heavy atom. The van der Waals surface area contributed by atoms with Crippen LogP contribution in [0.2, 0.25) is 0 Å². The minimum atomic E-state index is -0.491. The van der Waals surface area contributed by atoms with Crippen molar-refractivity contribution in [2.75, 3.05) is 5.75 Å². The quantitative estimate of drug-likeness (QED) is 0.781. The third-order valence-electron chi connectivity index (χ3n) is 2.92. The molecule has 0 fully saturated rings. The van der Waals surface area contributed by atoms with E-state index in [2.05, 4.69) is 26.2 Å². The van der Waals surface area contributed by atoms with Gasteiger partial charge in [-0.2, -0.15) is 0 Å². The van der Waals surface area contributed by atoms with Gasteiger partial charge < -0.3 is 5.32 Å². The van der Waals surface area contributed by atoms with Crippen molar-refractivity contribution in [2.24, 2.45) is 0 Å². The molecule has 1 aromatic heterocycles. The van der Waals surface area contributed by atoms with Gasteiger partial charge in [-0.25, -0.2) is 9.37 Å². The fourth-order valence-corrected chi connectivity index (χ4v) is 3.73. The summed E-state index contributed by atoms with van der Waals surface area (Å²) in [6.07, 6.45) is 1.72. The van der Waals surface area contributed by atoms with E-state index in [0.29, 0.717) is 15.8 Å². The van der Waals surface area contributed by atoms with Gasteiger partial charge in [-0.1, -0.05) is 22.0 Å². The predicted molar refractivity (Wildman–Crippen MR) is 93.5 cm³/mol. The standard InChI is InChI=1S/C15H16BrFN2OS2/c1-15(2,14-18-5-6-22-14)19-13(20)9-21-8-10-3-4-11(16)7-12(10)17/h3-7H,8-9H2,1-2H3,(H,19,20). The maximum atomic E-state index is 13.7. The van der Waals surface area contributed by atoms with E-state index in [0.717, 1.165) is 5.01 Å². The Hall–Kier alpha value is -0.920. The Morgan fingerprint density at radius 2 is 2.27 bits per heavy atom. The number of benzene rings is 1. The maximum Gasteiger partial charge on any atom is 0.230 e. The first-order chi connectivity index (χ1) is 10.4. The van der Waals surface area contributed by atoms with Crippen molar-refractivity contribution in [3.05, 3.63) is 50.6 Å². The molecule has 2 aromatic rings. The van der Waals surface area contributed by atoms with Gasteiger partial charge in [0.15, 0.2) is 0 Å². The summed E-state index contributed by atoms with van der Waals surface area (Å²) >= 11 is 6.12. The Kier molecular flexibility index (Phi) is 6.00. The SMILES string of the molecule is CC(C)(NC(=O)CSCc1ccc(Br)cc1F)c1nccs1. The zero-order valence-corrected chi connectivity index (χ0v) is 15.4. The van der Waals surface area contributed by atoms with Gasteiger partial charge in [0.1, 0.15) is 10.8 Å². The number of hydrogen-bond donors (Lipinski definition) is 1. The van der Waals surface area contributed by atoms with Gasteiger partial charge in [0.25, 0.3) is 0 Å². The number of carbonyl (C=O) groups is 1. The lowest BCUT2D eigenvalue weighted by Gasteiger charge is -2.23. The monoisotopic (exact) mass is 402 g/mol. The van der Waals surface area contributed by atoms with E-state index < -0.39 is 5.54 Å². The molecule has 1 heterocycles.